The van der Waals surface area contributed by atoms with Gasteiger partial charge in [-0.15, -0.1) is 0 Å². The van der Waals surface area contributed by atoms with Crippen LogP contribution in [0.15, 0.2) is 48.5 Å². The number of hydrogen-bond donors (Lipinski definition) is 0. The molecule has 0 radical (unpaired) electrons. The van der Waals surface area contributed by atoms with Crippen LogP contribution in [0.2, 0.25) is 5.02 Å². The third kappa shape index (κ3) is 2.47. The van der Waals surface area contributed by atoms with E-state index in [1.807, 2.05) is 6.07 Å². The topological polar surface area (TPSA) is 3.24 Å². The highest BCUT2D eigenvalue weighted by Crippen LogP contribution is 2.45. The molecule has 2 aliphatic rings. The lowest BCUT2D eigenvalue weighted by molar-refractivity contribution is 0.259. The predicted molar refractivity (Wildman–Crippen MR) is 92.6 cm³/mol. The zero-order chi connectivity index (χ0) is 15.1. The second kappa shape index (κ2) is 5.72. The molecule has 1 heterocycles. The molecular formula is C20H22ClN. The summed E-state index contributed by atoms with van der Waals surface area (Å²) in [6.07, 6.45) is 3.66. The number of hydrogen-bond acceptors (Lipinski definition) is 1. The Morgan fingerprint density at radius 2 is 2.00 bits per heavy atom. The van der Waals surface area contributed by atoms with E-state index in [-0.39, 0.29) is 0 Å². The molecule has 1 nitrogen and oxygen atoms in total. The molecule has 0 spiro atoms. The Hall–Kier alpha value is -1.31. The quantitative estimate of drug-likeness (QED) is 0.787. The van der Waals surface area contributed by atoms with Crippen LogP contribution in [-0.2, 0) is 12.8 Å². The smallest absolute Gasteiger partial charge is 0.0408 e. The van der Waals surface area contributed by atoms with Crippen LogP contribution in [0.4, 0.5) is 0 Å². The van der Waals surface area contributed by atoms with Gasteiger partial charge >= 0.3 is 0 Å². The molecule has 1 aliphatic heterocycles. The summed E-state index contributed by atoms with van der Waals surface area (Å²) in [5, 5.41) is 0.851. The second-order valence-electron chi connectivity index (χ2n) is 6.85. The average molecular weight is 312 g/mol. The molecule has 2 aromatic carbocycles. The summed E-state index contributed by atoms with van der Waals surface area (Å²) in [5.41, 5.74) is 4.53. The van der Waals surface area contributed by atoms with E-state index < -0.39 is 0 Å². The molecule has 2 aromatic rings. The van der Waals surface area contributed by atoms with E-state index in [0.717, 1.165) is 17.4 Å². The van der Waals surface area contributed by atoms with Crippen molar-refractivity contribution in [2.24, 2.45) is 5.92 Å². The number of rotatable bonds is 2. The first-order valence-corrected chi connectivity index (χ1v) is 8.62. The average Bonchev–Trinajstić information content (AvgIpc) is 2.84. The van der Waals surface area contributed by atoms with Crippen molar-refractivity contribution in [1.82, 2.24) is 4.90 Å². The van der Waals surface area contributed by atoms with E-state index in [9.17, 15) is 0 Å². The zero-order valence-electron chi connectivity index (χ0n) is 13.0. The van der Waals surface area contributed by atoms with Gasteiger partial charge in [-0.3, -0.25) is 0 Å². The predicted octanol–water partition coefficient (Wildman–Crippen LogP) is 4.54. The highest BCUT2D eigenvalue weighted by Gasteiger charge is 2.42. The van der Waals surface area contributed by atoms with E-state index in [0.29, 0.717) is 12.0 Å². The Bertz CT molecular complexity index is 681. The summed E-state index contributed by atoms with van der Waals surface area (Å²) in [4.78, 5) is 2.57. The Kier molecular flexibility index (Phi) is 3.71. The molecule has 0 N–H and O–H groups in total. The van der Waals surface area contributed by atoms with Crippen molar-refractivity contribution in [2.45, 2.75) is 31.2 Å². The molecule has 0 bridgehead atoms. The van der Waals surface area contributed by atoms with E-state index in [2.05, 4.69) is 54.4 Å². The van der Waals surface area contributed by atoms with Crippen LogP contribution >= 0.6 is 11.6 Å². The molecule has 2 heteroatoms. The zero-order valence-corrected chi connectivity index (χ0v) is 13.8. The van der Waals surface area contributed by atoms with Gasteiger partial charge in [-0.25, -0.2) is 0 Å². The number of likely N-dealkylation sites (tertiary alicyclic amines) is 1. The number of nitrogens with zero attached hydrogens (tertiary/aromatic N) is 1. The van der Waals surface area contributed by atoms with Crippen molar-refractivity contribution < 1.29 is 0 Å². The molecule has 3 unspecified atom stereocenters. The molecule has 1 aliphatic carbocycles. The molecule has 0 aromatic heterocycles. The van der Waals surface area contributed by atoms with E-state index in [1.165, 1.54) is 24.9 Å². The van der Waals surface area contributed by atoms with Crippen molar-refractivity contribution in [3.05, 3.63) is 70.2 Å². The van der Waals surface area contributed by atoms with Crippen LogP contribution in [0.5, 0.6) is 0 Å². The Balaban J connectivity index is 1.61. The fraction of sp³-hybridized carbons (Fsp3) is 0.400. The van der Waals surface area contributed by atoms with Crippen LogP contribution in [0.3, 0.4) is 0 Å². The Morgan fingerprint density at radius 3 is 2.86 bits per heavy atom. The summed E-state index contributed by atoms with van der Waals surface area (Å²) in [6, 6.07) is 18.0. The maximum Gasteiger partial charge on any atom is 0.0408 e. The molecule has 1 fully saturated rings. The van der Waals surface area contributed by atoms with Gasteiger partial charge in [-0.1, -0.05) is 48.0 Å². The van der Waals surface area contributed by atoms with Crippen molar-refractivity contribution in [1.29, 1.82) is 0 Å². The lowest BCUT2D eigenvalue weighted by atomic mass is 9.74. The lowest BCUT2D eigenvalue weighted by Crippen LogP contribution is -2.32. The van der Waals surface area contributed by atoms with Gasteiger partial charge in [0.1, 0.15) is 0 Å². The number of aryl methyl sites for hydroxylation is 1. The minimum atomic E-state index is 0.636. The van der Waals surface area contributed by atoms with E-state index >= 15 is 0 Å². The third-order valence-electron chi connectivity index (χ3n) is 5.60. The first-order valence-electron chi connectivity index (χ1n) is 8.25. The van der Waals surface area contributed by atoms with Crippen LogP contribution in [0.1, 0.15) is 29.0 Å². The van der Waals surface area contributed by atoms with Gasteiger partial charge in [0.15, 0.2) is 0 Å². The number of likely N-dealkylation sites (N-methyl/N-ethyl adjacent to an activating group) is 1. The van der Waals surface area contributed by atoms with Gasteiger partial charge < -0.3 is 4.90 Å². The Labute approximate surface area is 137 Å². The minimum Gasteiger partial charge on any atom is -0.302 e. The fourth-order valence-corrected chi connectivity index (χ4v) is 4.77. The molecular weight excluding hydrogens is 290 g/mol. The maximum atomic E-state index is 6.16. The monoisotopic (exact) mass is 311 g/mol. The van der Waals surface area contributed by atoms with E-state index in [1.54, 1.807) is 11.1 Å². The van der Waals surface area contributed by atoms with Gasteiger partial charge in [0, 0.05) is 23.5 Å². The largest absolute Gasteiger partial charge is 0.302 e. The molecule has 4 rings (SSSR count). The molecule has 114 valence electrons. The van der Waals surface area contributed by atoms with Crippen molar-refractivity contribution in [2.75, 3.05) is 13.6 Å². The Morgan fingerprint density at radius 1 is 1.14 bits per heavy atom. The van der Waals surface area contributed by atoms with Gasteiger partial charge in [0.2, 0.25) is 0 Å². The first kappa shape index (κ1) is 14.3. The van der Waals surface area contributed by atoms with E-state index in [4.69, 9.17) is 11.6 Å². The minimum absolute atomic E-state index is 0.636. The van der Waals surface area contributed by atoms with Gasteiger partial charge in [0.25, 0.3) is 0 Å². The highest BCUT2D eigenvalue weighted by atomic mass is 35.5. The standard InChI is InChI=1S/C20H22ClN/c1-22-13-19-17-8-3-2-6-15(17)9-10-18(19)20(22)12-14-5-4-7-16(21)11-14/h2-8,11,18-20H,9-10,12-13H2,1H3. The van der Waals surface area contributed by atoms with Gasteiger partial charge in [-0.05, 0) is 61.1 Å². The molecule has 0 amide bonds. The third-order valence-corrected chi connectivity index (χ3v) is 5.83. The summed E-state index contributed by atoms with van der Waals surface area (Å²) in [7, 11) is 2.29. The second-order valence-corrected chi connectivity index (χ2v) is 7.29. The highest BCUT2D eigenvalue weighted by molar-refractivity contribution is 6.30. The van der Waals surface area contributed by atoms with Crippen LogP contribution in [0, 0.1) is 5.92 Å². The van der Waals surface area contributed by atoms with Crippen molar-refractivity contribution >= 4 is 11.6 Å². The molecule has 22 heavy (non-hydrogen) atoms. The van der Waals surface area contributed by atoms with Gasteiger partial charge in [-0.2, -0.15) is 0 Å². The maximum absolute atomic E-state index is 6.16. The lowest BCUT2D eigenvalue weighted by Gasteiger charge is -2.31. The number of halogens is 1. The summed E-state index contributed by atoms with van der Waals surface area (Å²) < 4.78 is 0. The van der Waals surface area contributed by atoms with Crippen LogP contribution < -0.4 is 0 Å². The van der Waals surface area contributed by atoms with Gasteiger partial charge in [0.05, 0.1) is 0 Å². The summed E-state index contributed by atoms with van der Waals surface area (Å²) >= 11 is 6.16. The fourth-order valence-electron chi connectivity index (χ4n) is 4.56. The number of fused-ring (bicyclic) bond motifs is 3. The van der Waals surface area contributed by atoms with Crippen LogP contribution in [0.25, 0.3) is 0 Å². The first-order chi connectivity index (χ1) is 10.7. The summed E-state index contributed by atoms with van der Waals surface area (Å²) in [5.74, 6) is 1.48. The SMILES string of the molecule is CN1CC2c3ccccc3CCC2C1Cc1cccc(Cl)c1. The normalized spacial score (nSPS) is 27.5. The number of benzene rings is 2. The summed E-state index contributed by atoms with van der Waals surface area (Å²) in [6.45, 7) is 1.19. The molecule has 0 saturated carbocycles. The molecule has 3 atom stereocenters. The van der Waals surface area contributed by atoms with Crippen LogP contribution in [-0.4, -0.2) is 24.5 Å². The molecule has 1 saturated heterocycles. The van der Waals surface area contributed by atoms with Crippen molar-refractivity contribution in [3.63, 3.8) is 0 Å². The van der Waals surface area contributed by atoms with Crippen molar-refractivity contribution in [3.8, 4) is 0 Å².